The van der Waals surface area contributed by atoms with Crippen LogP contribution in [0.5, 0.6) is 11.5 Å². The van der Waals surface area contributed by atoms with Crippen LogP contribution in [0.1, 0.15) is 24.0 Å². The summed E-state index contributed by atoms with van der Waals surface area (Å²) in [7, 11) is 5.12. The lowest BCUT2D eigenvalue weighted by molar-refractivity contribution is 0.393. The quantitative estimate of drug-likeness (QED) is 0.335. The second kappa shape index (κ2) is 12.2. The second-order valence-corrected chi connectivity index (χ2v) is 7.21. The fourth-order valence-electron chi connectivity index (χ4n) is 3.58. The zero-order valence-electron chi connectivity index (χ0n) is 18.2. The maximum absolute atomic E-state index is 9.04. The molecule has 0 amide bonds. The Labute approximate surface area is 201 Å². The first kappa shape index (κ1) is 24.6. The minimum Gasteiger partial charge on any atom is -0.497 e. The summed E-state index contributed by atoms with van der Waals surface area (Å²) in [5.41, 5.74) is 2.84. The van der Waals surface area contributed by atoms with E-state index in [0.29, 0.717) is 18.2 Å². The van der Waals surface area contributed by atoms with E-state index in [4.69, 9.17) is 14.7 Å². The van der Waals surface area contributed by atoms with E-state index in [1.807, 2.05) is 42.5 Å². The largest absolute Gasteiger partial charge is 0.497 e. The zero-order valence-corrected chi connectivity index (χ0v) is 20.6. The number of nitrogens with zero attached hydrogens (tertiary/aromatic N) is 3. The van der Waals surface area contributed by atoms with Gasteiger partial charge in [0.15, 0.2) is 5.96 Å². The zero-order chi connectivity index (χ0) is 21.3. The highest BCUT2D eigenvalue weighted by atomic mass is 127. The number of hydrogen-bond donors (Lipinski definition) is 2. The van der Waals surface area contributed by atoms with Crippen LogP contribution in [0.2, 0.25) is 0 Å². The van der Waals surface area contributed by atoms with Gasteiger partial charge in [-0.05, 0) is 30.5 Å². The van der Waals surface area contributed by atoms with Crippen molar-refractivity contribution in [3.8, 4) is 17.6 Å². The number of halogens is 1. The predicted molar refractivity (Wildman–Crippen MR) is 135 cm³/mol. The molecule has 0 radical (unpaired) electrons. The fourth-order valence-corrected chi connectivity index (χ4v) is 3.58. The van der Waals surface area contributed by atoms with E-state index < -0.39 is 0 Å². The molecule has 2 aromatic rings. The van der Waals surface area contributed by atoms with Crippen molar-refractivity contribution >= 4 is 35.6 Å². The van der Waals surface area contributed by atoms with Crippen molar-refractivity contribution in [1.29, 1.82) is 5.26 Å². The van der Waals surface area contributed by atoms with Crippen LogP contribution in [-0.2, 0) is 6.54 Å². The first-order valence-electron chi connectivity index (χ1n) is 10.1. The van der Waals surface area contributed by atoms with Gasteiger partial charge in [0.25, 0.3) is 0 Å². The topological polar surface area (TPSA) is 81.9 Å². The maximum atomic E-state index is 9.04. The molecule has 0 spiro atoms. The molecule has 1 heterocycles. The smallest absolute Gasteiger partial charge is 0.191 e. The SMILES string of the molecule is CN=C(NCc1cccc(C#N)c1)NC1CCN(c2cc(OC)cc(OC)c2)CC1.I. The molecule has 0 aliphatic carbocycles. The predicted octanol–water partition coefficient (Wildman–Crippen LogP) is 3.53. The molecule has 31 heavy (non-hydrogen) atoms. The van der Waals surface area contributed by atoms with Crippen molar-refractivity contribution in [2.45, 2.75) is 25.4 Å². The van der Waals surface area contributed by atoms with Crippen molar-refractivity contribution in [3.05, 3.63) is 53.6 Å². The van der Waals surface area contributed by atoms with E-state index in [0.717, 1.165) is 54.6 Å². The van der Waals surface area contributed by atoms with Crippen molar-refractivity contribution in [3.63, 3.8) is 0 Å². The number of piperidine rings is 1. The van der Waals surface area contributed by atoms with Gasteiger partial charge in [-0.1, -0.05) is 12.1 Å². The number of benzene rings is 2. The van der Waals surface area contributed by atoms with Gasteiger partial charge in [-0.25, -0.2) is 0 Å². The van der Waals surface area contributed by atoms with Crippen molar-refractivity contribution in [2.24, 2.45) is 4.99 Å². The molecular weight excluding hydrogens is 505 g/mol. The van der Waals surface area contributed by atoms with Gasteiger partial charge < -0.3 is 25.0 Å². The monoisotopic (exact) mass is 535 g/mol. The Kier molecular flexibility index (Phi) is 9.72. The summed E-state index contributed by atoms with van der Waals surface area (Å²) in [4.78, 5) is 6.70. The molecule has 0 saturated carbocycles. The van der Waals surface area contributed by atoms with E-state index in [1.54, 1.807) is 21.3 Å². The van der Waals surface area contributed by atoms with Crippen molar-refractivity contribution in [1.82, 2.24) is 10.6 Å². The summed E-state index contributed by atoms with van der Waals surface area (Å²) >= 11 is 0. The minimum atomic E-state index is 0. The van der Waals surface area contributed by atoms with Gasteiger partial charge in [-0.15, -0.1) is 24.0 Å². The van der Waals surface area contributed by atoms with Gasteiger partial charge in [0.1, 0.15) is 11.5 Å². The summed E-state index contributed by atoms with van der Waals surface area (Å²) < 4.78 is 10.8. The second-order valence-electron chi connectivity index (χ2n) is 7.21. The number of hydrogen-bond acceptors (Lipinski definition) is 5. The number of aliphatic imine (C=N–C) groups is 1. The number of rotatable bonds is 6. The molecule has 2 N–H and O–H groups in total. The third-order valence-corrected chi connectivity index (χ3v) is 5.28. The highest BCUT2D eigenvalue weighted by Crippen LogP contribution is 2.30. The molecule has 0 unspecified atom stereocenters. The number of nitrogens with one attached hydrogen (secondary N) is 2. The Morgan fingerprint density at radius 2 is 1.81 bits per heavy atom. The Balaban J connectivity index is 0.00000341. The molecule has 0 bridgehead atoms. The number of ether oxygens (including phenoxy) is 2. The summed E-state index contributed by atoms with van der Waals surface area (Å²) in [6, 6.07) is 16.1. The van der Waals surface area contributed by atoms with Crippen LogP contribution in [0.4, 0.5) is 5.69 Å². The average molecular weight is 535 g/mol. The molecule has 8 heteroatoms. The summed E-state index contributed by atoms with van der Waals surface area (Å²) in [5, 5.41) is 15.9. The van der Waals surface area contributed by atoms with Crippen LogP contribution in [0.3, 0.4) is 0 Å². The Morgan fingerprint density at radius 1 is 1.13 bits per heavy atom. The molecule has 1 fully saturated rings. The molecule has 0 atom stereocenters. The third-order valence-electron chi connectivity index (χ3n) is 5.28. The van der Waals surface area contributed by atoms with Crippen LogP contribution in [-0.4, -0.2) is 46.4 Å². The van der Waals surface area contributed by atoms with Crippen LogP contribution in [0, 0.1) is 11.3 Å². The van der Waals surface area contributed by atoms with E-state index in [9.17, 15) is 0 Å². The molecule has 1 aliphatic rings. The van der Waals surface area contributed by atoms with Gasteiger partial charge in [0.2, 0.25) is 0 Å². The molecule has 2 aromatic carbocycles. The molecule has 166 valence electrons. The van der Waals surface area contributed by atoms with Crippen molar-refractivity contribution in [2.75, 3.05) is 39.3 Å². The highest BCUT2D eigenvalue weighted by molar-refractivity contribution is 14.0. The Morgan fingerprint density at radius 3 is 2.39 bits per heavy atom. The third kappa shape index (κ3) is 6.92. The van der Waals surface area contributed by atoms with E-state index in [2.05, 4.69) is 26.6 Å². The molecule has 1 saturated heterocycles. The first-order chi connectivity index (χ1) is 14.6. The highest BCUT2D eigenvalue weighted by Gasteiger charge is 2.21. The van der Waals surface area contributed by atoms with Crippen molar-refractivity contribution < 1.29 is 9.47 Å². The summed E-state index contributed by atoms with van der Waals surface area (Å²) in [6.07, 6.45) is 2.01. The number of anilines is 1. The van der Waals surface area contributed by atoms with Crippen LogP contribution in [0.15, 0.2) is 47.5 Å². The van der Waals surface area contributed by atoms with E-state index in [1.165, 1.54) is 0 Å². The minimum absolute atomic E-state index is 0. The normalized spacial score (nSPS) is 14.3. The number of guanidine groups is 1. The lowest BCUT2D eigenvalue weighted by atomic mass is 10.0. The molecular formula is C23H30IN5O2. The molecule has 7 nitrogen and oxygen atoms in total. The van der Waals surface area contributed by atoms with Gasteiger partial charge in [0, 0.05) is 56.6 Å². The van der Waals surface area contributed by atoms with E-state index in [-0.39, 0.29) is 24.0 Å². The standard InChI is InChI=1S/C23H29N5O2.HI/c1-25-23(26-16-18-6-4-5-17(11-18)15-24)27-19-7-9-28(10-8-19)20-12-21(29-2)14-22(13-20)30-3;/h4-6,11-14,19H,7-10,16H2,1-3H3,(H2,25,26,27);1H. The van der Waals surface area contributed by atoms with Gasteiger partial charge in [-0.3, -0.25) is 4.99 Å². The Bertz CT molecular complexity index is 898. The van der Waals surface area contributed by atoms with Gasteiger partial charge in [-0.2, -0.15) is 5.26 Å². The summed E-state index contributed by atoms with van der Waals surface area (Å²) in [6.45, 7) is 2.50. The van der Waals surface area contributed by atoms with E-state index >= 15 is 0 Å². The Hall–Kier alpha value is -2.67. The average Bonchev–Trinajstić information content (AvgIpc) is 2.81. The fraction of sp³-hybridized carbons (Fsp3) is 0.391. The molecule has 1 aliphatic heterocycles. The number of methoxy groups -OCH3 is 2. The molecule has 3 rings (SSSR count). The summed E-state index contributed by atoms with van der Waals surface area (Å²) in [5.74, 6) is 2.38. The van der Waals surface area contributed by atoms with Crippen LogP contribution in [0.25, 0.3) is 0 Å². The lowest BCUT2D eigenvalue weighted by Gasteiger charge is -2.34. The maximum Gasteiger partial charge on any atom is 0.191 e. The van der Waals surface area contributed by atoms with Gasteiger partial charge in [0.05, 0.1) is 25.9 Å². The first-order valence-corrected chi connectivity index (χ1v) is 10.1. The van der Waals surface area contributed by atoms with Gasteiger partial charge >= 0.3 is 0 Å². The lowest BCUT2D eigenvalue weighted by Crippen LogP contribution is -2.48. The molecule has 0 aromatic heterocycles. The van der Waals surface area contributed by atoms with Crippen LogP contribution >= 0.6 is 24.0 Å². The number of nitriles is 1. The van der Waals surface area contributed by atoms with Crippen LogP contribution < -0.4 is 25.0 Å².